The van der Waals surface area contributed by atoms with Crippen molar-refractivity contribution in [3.8, 4) is 62.4 Å². The van der Waals surface area contributed by atoms with Crippen molar-refractivity contribution in [3.05, 3.63) is 279 Å². The van der Waals surface area contributed by atoms with Gasteiger partial charge in [-0.2, -0.15) is 0 Å². The Bertz CT molecular complexity index is 3930. The van der Waals surface area contributed by atoms with Crippen molar-refractivity contribution in [2.24, 2.45) is 0 Å². The fourth-order valence-electron chi connectivity index (χ4n) is 9.86. The van der Waals surface area contributed by atoms with E-state index in [9.17, 15) is 0 Å². The summed E-state index contributed by atoms with van der Waals surface area (Å²) < 4.78 is 2.35. The van der Waals surface area contributed by atoms with Crippen LogP contribution in [0.25, 0.3) is 84.2 Å². The fraction of sp³-hybridized carbons (Fsp3) is 0. The second-order valence-corrected chi connectivity index (χ2v) is 18.2. The predicted molar refractivity (Wildman–Crippen MR) is 306 cm³/mol. The minimum Gasteiger partial charge on any atom is -0.310 e. The predicted octanol–water partition coefficient (Wildman–Crippen LogP) is 17.0. The third kappa shape index (κ3) is 8.83. The summed E-state index contributed by atoms with van der Waals surface area (Å²) in [7, 11) is 0. The molecule has 0 aliphatic carbocycles. The van der Waals surface area contributed by atoms with Crippen molar-refractivity contribution in [2.45, 2.75) is 0 Å². The first-order valence-electron chi connectivity index (χ1n) is 25.0. The molecule has 75 heavy (non-hydrogen) atoms. The van der Waals surface area contributed by atoms with E-state index in [1.54, 1.807) is 0 Å². The van der Waals surface area contributed by atoms with E-state index in [1.807, 2.05) is 103 Å². The quantitative estimate of drug-likeness (QED) is 0.121. The van der Waals surface area contributed by atoms with Gasteiger partial charge in [0.2, 0.25) is 5.95 Å². The van der Waals surface area contributed by atoms with Crippen LogP contribution in [0, 0.1) is 0 Å². The van der Waals surface area contributed by atoms with Gasteiger partial charge in [0, 0.05) is 72.7 Å². The van der Waals surface area contributed by atoms with Gasteiger partial charge in [0.05, 0.1) is 22.4 Å². The number of anilines is 6. The topological polar surface area (TPSA) is 75.9 Å². The average molecular weight is 963 g/mol. The highest BCUT2D eigenvalue weighted by Gasteiger charge is 2.23. The highest BCUT2D eigenvalue weighted by atomic mass is 15.3. The van der Waals surface area contributed by atoms with Gasteiger partial charge in [-0.1, -0.05) is 176 Å². The first-order valence-corrected chi connectivity index (χ1v) is 25.0. The maximum atomic E-state index is 5.35. The molecular weight excluding hydrogens is 917 g/mol. The summed E-state index contributed by atoms with van der Waals surface area (Å²) in [5.74, 6) is 2.40. The van der Waals surface area contributed by atoms with Gasteiger partial charge in [0.25, 0.3) is 0 Å². The summed E-state index contributed by atoms with van der Waals surface area (Å²) in [6, 6.07) is 96.4. The molecule has 8 nitrogen and oxygen atoms in total. The Hall–Kier alpha value is -10.3. The van der Waals surface area contributed by atoms with E-state index < -0.39 is 0 Å². The Labute approximate surface area is 434 Å². The molecule has 8 heteroatoms. The Morgan fingerprint density at radius 3 is 0.987 bits per heavy atom. The van der Waals surface area contributed by atoms with Crippen LogP contribution in [-0.2, 0) is 0 Å². The van der Waals surface area contributed by atoms with Crippen molar-refractivity contribution in [1.82, 2.24) is 29.5 Å². The number of nitrogens with zero attached hydrogens (tertiary/aromatic N) is 8. The van der Waals surface area contributed by atoms with Crippen molar-refractivity contribution in [2.75, 3.05) is 9.80 Å². The third-order valence-corrected chi connectivity index (χ3v) is 13.4. The van der Waals surface area contributed by atoms with Gasteiger partial charge in [-0.3, -0.25) is 4.90 Å². The van der Waals surface area contributed by atoms with Gasteiger partial charge in [-0.25, -0.2) is 24.9 Å². The molecule has 0 aliphatic heterocycles. The summed E-state index contributed by atoms with van der Waals surface area (Å²) in [5.41, 5.74) is 14.5. The molecule has 13 aromatic rings. The van der Waals surface area contributed by atoms with Gasteiger partial charge in [0.1, 0.15) is 0 Å². The highest BCUT2D eigenvalue weighted by Crippen LogP contribution is 2.43. The third-order valence-electron chi connectivity index (χ3n) is 13.4. The molecule has 10 aromatic carbocycles. The van der Waals surface area contributed by atoms with E-state index in [0.29, 0.717) is 23.4 Å². The van der Waals surface area contributed by atoms with E-state index in [-0.39, 0.29) is 0 Å². The van der Waals surface area contributed by atoms with E-state index >= 15 is 0 Å². The van der Waals surface area contributed by atoms with Crippen LogP contribution in [0.2, 0.25) is 0 Å². The number of aromatic nitrogens is 6. The molecule has 0 fully saturated rings. The molecule has 0 unspecified atom stereocenters. The molecular formula is C67H46N8. The van der Waals surface area contributed by atoms with Crippen molar-refractivity contribution >= 4 is 56.2 Å². The molecule has 0 N–H and O–H groups in total. The number of hydrogen-bond acceptors (Lipinski definition) is 7. The lowest BCUT2D eigenvalue weighted by molar-refractivity contribution is 1.07. The zero-order chi connectivity index (χ0) is 49.9. The molecule has 0 radical (unpaired) electrons. The van der Waals surface area contributed by atoms with Crippen LogP contribution in [0.4, 0.5) is 34.4 Å². The molecule has 0 bridgehead atoms. The number of fused-ring (bicyclic) bond motifs is 3. The maximum Gasteiger partial charge on any atom is 0.235 e. The van der Waals surface area contributed by atoms with Crippen molar-refractivity contribution in [3.63, 3.8) is 0 Å². The molecule has 3 heterocycles. The second-order valence-electron chi connectivity index (χ2n) is 18.2. The number of benzene rings is 10. The van der Waals surface area contributed by atoms with Crippen LogP contribution in [0.5, 0.6) is 0 Å². The molecule has 13 rings (SSSR count). The van der Waals surface area contributed by atoms with Gasteiger partial charge in [-0.05, 0) is 103 Å². The summed E-state index contributed by atoms with van der Waals surface area (Å²) in [5, 5.41) is 2.15. The van der Waals surface area contributed by atoms with Crippen LogP contribution >= 0.6 is 0 Å². The van der Waals surface area contributed by atoms with Gasteiger partial charge in [-0.15, -0.1) is 0 Å². The summed E-state index contributed by atoms with van der Waals surface area (Å²) >= 11 is 0. The van der Waals surface area contributed by atoms with E-state index in [0.717, 1.165) is 95.1 Å². The molecule has 0 amide bonds. The standard InChI is InChI=1S/C67H46N8/c1-8-22-47(23-9-1)60-46-61(48-24-10-2-11-25-48)69-67(68-60)74(54-34-20-7-21-35-54)57-41-43-63-59(45-57)58-44-56(73(52-30-16-5-17-31-52)53-32-18-6-19-33-53)40-42-62(58)75(63)55-38-36-51(37-39-55)66-71-64(49-26-12-3-13-27-49)70-65(72-66)50-28-14-4-15-29-50/h1-46H. The van der Waals surface area contributed by atoms with Crippen LogP contribution in [0.15, 0.2) is 279 Å². The first kappa shape index (κ1) is 44.6. The first-order chi connectivity index (χ1) is 37.2. The smallest absolute Gasteiger partial charge is 0.235 e. The normalized spacial score (nSPS) is 11.2. The van der Waals surface area contributed by atoms with Gasteiger partial charge in [0.15, 0.2) is 17.5 Å². The SMILES string of the molecule is c1ccc(-c2cc(-c3ccccc3)nc(N(c3ccccc3)c3ccc4c(c3)c3cc(N(c5ccccc5)c5ccccc5)ccc3n4-c3ccc(-c4nc(-c5ccccc5)nc(-c5ccccc5)n4)cc3)n2)cc1. The Kier molecular flexibility index (Phi) is 11.7. The second kappa shape index (κ2) is 19.7. The molecule has 0 saturated carbocycles. The number of para-hydroxylation sites is 3. The average Bonchev–Trinajstić information content (AvgIpc) is 3.85. The number of rotatable bonds is 12. The maximum absolute atomic E-state index is 5.35. The monoisotopic (exact) mass is 962 g/mol. The summed E-state index contributed by atoms with van der Waals surface area (Å²) in [6.07, 6.45) is 0. The fourth-order valence-corrected chi connectivity index (χ4v) is 9.86. The number of hydrogen-bond donors (Lipinski definition) is 0. The van der Waals surface area contributed by atoms with Crippen molar-refractivity contribution in [1.29, 1.82) is 0 Å². The van der Waals surface area contributed by atoms with Crippen LogP contribution in [0.1, 0.15) is 0 Å². The van der Waals surface area contributed by atoms with Crippen LogP contribution in [0.3, 0.4) is 0 Å². The van der Waals surface area contributed by atoms with Crippen LogP contribution in [-0.4, -0.2) is 29.5 Å². The highest BCUT2D eigenvalue weighted by molar-refractivity contribution is 6.12. The van der Waals surface area contributed by atoms with E-state index in [1.165, 1.54) is 0 Å². The van der Waals surface area contributed by atoms with Gasteiger partial charge < -0.3 is 9.47 Å². The molecule has 0 saturated heterocycles. The van der Waals surface area contributed by atoms with Gasteiger partial charge >= 0.3 is 0 Å². The van der Waals surface area contributed by atoms with E-state index in [2.05, 4.69) is 190 Å². The zero-order valence-corrected chi connectivity index (χ0v) is 40.6. The molecule has 354 valence electrons. The summed E-state index contributed by atoms with van der Waals surface area (Å²) in [4.78, 5) is 30.2. The zero-order valence-electron chi connectivity index (χ0n) is 40.6. The lowest BCUT2D eigenvalue weighted by Gasteiger charge is -2.25. The lowest BCUT2D eigenvalue weighted by atomic mass is 10.1. The Morgan fingerprint density at radius 2 is 0.587 bits per heavy atom. The van der Waals surface area contributed by atoms with Crippen LogP contribution < -0.4 is 9.80 Å². The molecule has 3 aromatic heterocycles. The van der Waals surface area contributed by atoms with Crippen molar-refractivity contribution < 1.29 is 0 Å². The Balaban J connectivity index is 1.01. The molecule has 0 atom stereocenters. The summed E-state index contributed by atoms with van der Waals surface area (Å²) in [6.45, 7) is 0. The Morgan fingerprint density at radius 1 is 0.253 bits per heavy atom. The molecule has 0 aliphatic rings. The largest absolute Gasteiger partial charge is 0.310 e. The van der Waals surface area contributed by atoms with E-state index in [4.69, 9.17) is 24.9 Å². The molecule has 0 spiro atoms. The minimum atomic E-state index is 0.560. The lowest BCUT2D eigenvalue weighted by Crippen LogP contribution is -2.14. The minimum absolute atomic E-state index is 0.560.